The molecule has 1 aliphatic carbocycles. The number of aryl methyl sites for hydroxylation is 1. The standard InChI is InChI=1S/C24H24N6O/c1-24(20-7-8-20,23-28-22(31-29-23)18-13-27-30(2)14-18)19-5-3-15(4-6-19)17-11-16-9-10-25-21(16)26-12-17/h3-6,11-14,20H,7-10H2,1-2H3,(H,25,26). The minimum Gasteiger partial charge on any atom is -0.370 e. The van der Waals surface area contributed by atoms with Crippen LogP contribution in [0, 0.1) is 5.92 Å². The van der Waals surface area contributed by atoms with E-state index in [0.29, 0.717) is 11.8 Å². The summed E-state index contributed by atoms with van der Waals surface area (Å²) in [6, 6.07) is 11.0. The van der Waals surface area contributed by atoms with E-state index in [1.54, 1.807) is 10.9 Å². The topological polar surface area (TPSA) is 81.7 Å². The lowest BCUT2D eigenvalue weighted by molar-refractivity contribution is 0.386. The van der Waals surface area contributed by atoms with Gasteiger partial charge in [-0.1, -0.05) is 29.4 Å². The van der Waals surface area contributed by atoms with Crippen LogP contribution in [-0.4, -0.2) is 31.4 Å². The van der Waals surface area contributed by atoms with E-state index in [4.69, 9.17) is 9.51 Å². The van der Waals surface area contributed by atoms with Gasteiger partial charge in [0.2, 0.25) is 0 Å². The Balaban J connectivity index is 1.34. The minimum absolute atomic E-state index is 0.275. The van der Waals surface area contributed by atoms with Gasteiger partial charge in [0.1, 0.15) is 5.82 Å². The van der Waals surface area contributed by atoms with Crippen LogP contribution in [0.1, 0.15) is 36.7 Å². The predicted octanol–water partition coefficient (Wildman–Crippen LogP) is 4.22. The van der Waals surface area contributed by atoms with Crippen molar-refractivity contribution in [1.82, 2.24) is 24.9 Å². The van der Waals surface area contributed by atoms with Crippen molar-refractivity contribution in [3.8, 4) is 22.6 Å². The van der Waals surface area contributed by atoms with Gasteiger partial charge in [-0.25, -0.2) is 4.98 Å². The average molecular weight is 412 g/mol. The summed E-state index contributed by atoms with van der Waals surface area (Å²) in [5, 5.41) is 11.9. The molecule has 0 amide bonds. The first-order valence-corrected chi connectivity index (χ1v) is 10.8. The number of fused-ring (bicyclic) bond motifs is 1. The molecule has 0 spiro atoms. The largest absolute Gasteiger partial charge is 0.370 e. The molecule has 1 aromatic carbocycles. The summed E-state index contributed by atoms with van der Waals surface area (Å²) < 4.78 is 7.35. The van der Waals surface area contributed by atoms with Gasteiger partial charge in [0, 0.05) is 31.5 Å². The van der Waals surface area contributed by atoms with Crippen LogP contribution in [0.2, 0.25) is 0 Å². The Kier molecular flexibility index (Phi) is 4.00. The number of rotatable bonds is 5. The van der Waals surface area contributed by atoms with Gasteiger partial charge in [-0.05, 0) is 54.9 Å². The Morgan fingerprint density at radius 1 is 1.10 bits per heavy atom. The van der Waals surface area contributed by atoms with E-state index in [-0.39, 0.29) is 5.41 Å². The molecular formula is C24H24N6O. The molecule has 1 atom stereocenters. The Morgan fingerprint density at radius 3 is 2.68 bits per heavy atom. The smallest absolute Gasteiger partial charge is 0.261 e. The van der Waals surface area contributed by atoms with Crippen molar-refractivity contribution in [2.75, 3.05) is 11.9 Å². The number of nitrogens with zero attached hydrogens (tertiary/aromatic N) is 5. The van der Waals surface area contributed by atoms with E-state index >= 15 is 0 Å². The van der Waals surface area contributed by atoms with Crippen LogP contribution >= 0.6 is 0 Å². The van der Waals surface area contributed by atoms with Crippen molar-refractivity contribution in [2.45, 2.75) is 31.6 Å². The van der Waals surface area contributed by atoms with Gasteiger partial charge in [-0.3, -0.25) is 4.68 Å². The quantitative estimate of drug-likeness (QED) is 0.529. The first-order valence-electron chi connectivity index (χ1n) is 10.8. The molecule has 4 heterocycles. The minimum atomic E-state index is -0.275. The molecule has 0 bridgehead atoms. The maximum Gasteiger partial charge on any atom is 0.261 e. The summed E-state index contributed by atoms with van der Waals surface area (Å²) in [4.78, 5) is 9.35. The van der Waals surface area contributed by atoms with Crippen LogP contribution < -0.4 is 5.32 Å². The molecule has 7 heteroatoms. The van der Waals surface area contributed by atoms with Crippen LogP contribution in [-0.2, 0) is 18.9 Å². The monoisotopic (exact) mass is 412 g/mol. The third-order valence-corrected chi connectivity index (χ3v) is 6.71. The normalized spacial score (nSPS) is 17.2. The molecule has 1 aliphatic heterocycles. The van der Waals surface area contributed by atoms with Crippen LogP contribution in [0.3, 0.4) is 0 Å². The Morgan fingerprint density at radius 2 is 1.94 bits per heavy atom. The molecule has 156 valence electrons. The van der Waals surface area contributed by atoms with E-state index in [1.807, 2.05) is 19.4 Å². The van der Waals surface area contributed by atoms with Gasteiger partial charge < -0.3 is 9.84 Å². The van der Waals surface area contributed by atoms with Gasteiger partial charge in [-0.2, -0.15) is 10.1 Å². The maximum absolute atomic E-state index is 5.62. The summed E-state index contributed by atoms with van der Waals surface area (Å²) in [6.07, 6.45) is 8.98. The van der Waals surface area contributed by atoms with Crippen molar-refractivity contribution in [3.63, 3.8) is 0 Å². The van der Waals surface area contributed by atoms with Gasteiger partial charge in [0.25, 0.3) is 5.89 Å². The highest BCUT2D eigenvalue weighted by Crippen LogP contribution is 2.50. The summed E-state index contributed by atoms with van der Waals surface area (Å²) in [7, 11) is 1.88. The van der Waals surface area contributed by atoms with Gasteiger partial charge in [-0.15, -0.1) is 0 Å². The highest BCUT2D eigenvalue weighted by molar-refractivity contribution is 5.67. The highest BCUT2D eigenvalue weighted by Gasteiger charge is 2.47. The van der Waals surface area contributed by atoms with Crippen molar-refractivity contribution in [1.29, 1.82) is 0 Å². The van der Waals surface area contributed by atoms with E-state index in [2.05, 4.69) is 57.8 Å². The molecule has 7 nitrogen and oxygen atoms in total. The number of nitrogens with one attached hydrogen (secondary N) is 1. The van der Waals surface area contributed by atoms with E-state index in [1.165, 1.54) is 29.5 Å². The summed E-state index contributed by atoms with van der Waals surface area (Å²) in [6.45, 7) is 3.20. The van der Waals surface area contributed by atoms with Gasteiger partial charge in [0.15, 0.2) is 5.82 Å². The van der Waals surface area contributed by atoms with Crippen molar-refractivity contribution < 1.29 is 4.52 Å². The molecule has 1 N–H and O–H groups in total. The molecule has 0 saturated heterocycles. The molecule has 3 aromatic heterocycles. The Hall–Kier alpha value is -3.48. The van der Waals surface area contributed by atoms with Crippen molar-refractivity contribution in [3.05, 3.63) is 65.9 Å². The third-order valence-electron chi connectivity index (χ3n) is 6.71. The second kappa shape index (κ2) is 6.77. The molecule has 1 saturated carbocycles. The van der Waals surface area contributed by atoms with Crippen molar-refractivity contribution in [2.24, 2.45) is 13.0 Å². The van der Waals surface area contributed by atoms with Gasteiger partial charge >= 0.3 is 0 Å². The number of pyridine rings is 1. The Bertz CT molecular complexity index is 1250. The van der Waals surface area contributed by atoms with Crippen LogP contribution in [0.5, 0.6) is 0 Å². The lowest BCUT2D eigenvalue weighted by Gasteiger charge is -2.27. The fourth-order valence-corrected chi connectivity index (χ4v) is 4.63. The summed E-state index contributed by atoms with van der Waals surface area (Å²) in [5.41, 5.74) is 5.40. The zero-order valence-electron chi connectivity index (χ0n) is 17.7. The third kappa shape index (κ3) is 3.03. The highest BCUT2D eigenvalue weighted by atomic mass is 16.5. The zero-order valence-corrected chi connectivity index (χ0v) is 17.7. The first-order chi connectivity index (χ1) is 15.1. The SMILES string of the molecule is Cn1cc(-c2nc(C(C)(c3ccc(-c4cnc5c(c4)CCN5)cc3)C3CC3)no2)cn1. The number of anilines is 1. The van der Waals surface area contributed by atoms with Crippen LogP contribution in [0.25, 0.3) is 22.6 Å². The van der Waals surface area contributed by atoms with Gasteiger partial charge in [0.05, 0.1) is 17.2 Å². The van der Waals surface area contributed by atoms with Crippen LogP contribution in [0.4, 0.5) is 5.82 Å². The maximum atomic E-state index is 5.62. The molecular weight excluding hydrogens is 388 g/mol. The fourth-order valence-electron chi connectivity index (χ4n) is 4.63. The predicted molar refractivity (Wildman–Crippen MR) is 118 cm³/mol. The first kappa shape index (κ1) is 18.3. The van der Waals surface area contributed by atoms with E-state index in [9.17, 15) is 0 Å². The number of hydrogen-bond donors (Lipinski definition) is 1. The molecule has 31 heavy (non-hydrogen) atoms. The molecule has 6 rings (SSSR count). The van der Waals surface area contributed by atoms with E-state index in [0.717, 1.165) is 35.7 Å². The fraction of sp³-hybridized carbons (Fsp3) is 0.333. The zero-order chi connectivity index (χ0) is 21.0. The summed E-state index contributed by atoms with van der Waals surface area (Å²) in [5.74, 6) is 2.80. The molecule has 0 radical (unpaired) electrons. The Labute approximate surface area is 180 Å². The second-order valence-corrected chi connectivity index (χ2v) is 8.79. The molecule has 2 aliphatic rings. The molecule has 1 unspecified atom stereocenters. The molecule has 4 aromatic rings. The lowest BCUT2D eigenvalue weighted by atomic mass is 9.76. The van der Waals surface area contributed by atoms with Crippen molar-refractivity contribution >= 4 is 5.82 Å². The average Bonchev–Trinajstić information content (AvgIpc) is 3.17. The lowest BCUT2D eigenvalue weighted by Crippen LogP contribution is -2.28. The number of benzene rings is 1. The second-order valence-electron chi connectivity index (χ2n) is 8.79. The number of aromatic nitrogens is 5. The van der Waals surface area contributed by atoms with Crippen LogP contribution in [0.15, 0.2) is 53.4 Å². The number of hydrogen-bond acceptors (Lipinski definition) is 6. The van der Waals surface area contributed by atoms with E-state index < -0.39 is 0 Å². The molecule has 1 fully saturated rings. The summed E-state index contributed by atoms with van der Waals surface area (Å²) >= 11 is 0.